The van der Waals surface area contributed by atoms with E-state index in [1.165, 1.54) is 16.4 Å². The van der Waals surface area contributed by atoms with Crippen LogP contribution in [-0.4, -0.2) is 54.5 Å². The van der Waals surface area contributed by atoms with Crippen LogP contribution in [0.4, 0.5) is 5.82 Å². The maximum absolute atomic E-state index is 12.2. The lowest BCUT2D eigenvalue weighted by molar-refractivity contribution is -0.0393. The van der Waals surface area contributed by atoms with E-state index in [9.17, 15) is 30.9 Å². The van der Waals surface area contributed by atoms with E-state index in [0.29, 0.717) is 0 Å². The van der Waals surface area contributed by atoms with Gasteiger partial charge in [0, 0.05) is 12.6 Å². The molecule has 0 amide bonds. The largest absolute Gasteiger partial charge is 0.390 e. The molecule has 0 saturated carbocycles. The molecule has 1 aromatic rings. The van der Waals surface area contributed by atoms with Gasteiger partial charge in [-0.2, -0.15) is 21.8 Å². The topological polar surface area (TPSA) is 221 Å². The second-order valence-electron chi connectivity index (χ2n) is 5.45. The Kier molecular flexibility index (Phi) is 5.01. The van der Waals surface area contributed by atoms with Gasteiger partial charge >= 0.3 is 26.1 Å². The molecule has 1 fully saturated rings. The number of anilines is 1. The van der Waals surface area contributed by atoms with Crippen molar-refractivity contribution in [1.82, 2.24) is 17.8 Å². The molecule has 1 aromatic heterocycles. The number of hydrogen-bond acceptors (Lipinski definition) is 11. The number of nitrogen functional groups attached to an aromatic ring is 1. The molecule has 2 aliphatic heterocycles. The molecule has 5 N–H and O–H groups in total. The van der Waals surface area contributed by atoms with Crippen molar-refractivity contribution < 1.29 is 35.1 Å². The van der Waals surface area contributed by atoms with Crippen LogP contribution in [0.25, 0.3) is 0 Å². The number of ether oxygens (including phenoxy) is 1. The van der Waals surface area contributed by atoms with Crippen molar-refractivity contribution in [3.63, 3.8) is 0 Å². The Bertz CT molecular complexity index is 1140. The van der Waals surface area contributed by atoms with E-state index in [4.69, 9.17) is 14.7 Å². The molecule has 18 heteroatoms. The van der Waals surface area contributed by atoms with Gasteiger partial charge in [-0.1, -0.05) is 12.0 Å². The fourth-order valence-electron chi connectivity index (χ4n) is 2.34. The second-order valence-corrected chi connectivity index (χ2v) is 10.5. The lowest BCUT2D eigenvalue weighted by atomic mass is 10.2. The molecule has 0 aliphatic carbocycles. The highest BCUT2D eigenvalue weighted by Crippen LogP contribution is 2.28. The van der Waals surface area contributed by atoms with E-state index in [1.54, 1.807) is 0 Å². The second kappa shape index (κ2) is 6.74. The van der Waals surface area contributed by atoms with E-state index in [2.05, 4.69) is 8.75 Å². The number of nitrogens with zero attached hydrogens (tertiary/aromatic N) is 3. The molecule has 1 saturated heterocycles. The molecule has 0 bridgehead atoms. The van der Waals surface area contributed by atoms with Crippen molar-refractivity contribution in [2.75, 3.05) is 12.3 Å². The highest BCUT2D eigenvalue weighted by atomic mass is 32.3. The summed E-state index contributed by atoms with van der Waals surface area (Å²) < 4.78 is 74.3. The van der Waals surface area contributed by atoms with Gasteiger partial charge in [0.05, 0.1) is 12.7 Å². The molecular formula is C9H14N6O9S3. The summed E-state index contributed by atoms with van der Waals surface area (Å²) in [7, 11) is -13.8. The molecule has 0 aromatic carbocycles. The van der Waals surface area contributed by atoms with Gasteiger partial charge in [0.1, 0.15) is 18.1 Å². The molecule has 2 aliphatic rings. The highest BCUT2D eigenvalue weighted by Gasteiger charge is 2.39. The van der Waals surface area contributed by atoms with Gasteiger partial charge in [0.2, 0.25) is 0 Å². The van der Waals surface area contributed by atoms with Crippen molar-refractivity contribution >= 4 is 36.4 Å². The maximum atomic E-state index is 12.2. The van der Waals surface area contributed by atoms with Gasteiger partial charge in [-0.3, -0.25) is 8.75 Å². The minimum atomic E-state index is -4.77. The molecule has 4 atom stereocenters. The van der Waals surface area contributed by atoms with Gasteiger partial charge in [-0.05, 0) is 6.07 Å². The monoisotopic (exact) mass is 446 g/mol. The van der Waals surface area contributed by atoms with E-state index in [1.807, 2.05) is 0 Å². The summed E-state index contributed by atoms with van der Waals surface area (Å²) in [5.41, 5.74) is 4.65. The summed E-state index contributed by atoms with van der Waals surface area (Å²) >= 11 is 0. The number of nitrogens with one attached hydrogen (secondary N) is 2. The minimum absolute atomic E-state index is 0.00686. The Morgan fingerprint density at radius 1 is 1.33 bits per heavy atom. The van der Waals surface area contributed by atoms with E-state index < -0.39 is 61.3 Å². The lowest BCUT2D eigenvalue weighted by Crippen LogP contribution is -2.48. The fraction of sp³-hybridized carbons (Fsp3) is 0.556. The third-order valence-corrected chi connectivity index (χ3v) is 8.85. The summed E-state index contributed by atoms with van der Waals surface area (Å²) in [6.45, 7) is -0.685. The first-order valence-electron chi connectivity index (χ1n) is 7.06. The molecule has 15 nitrogen and oxygen atoms in total. The zero-order valence-corrected chi connectivity index (χ0v) is 15.6. The van der Waals surface area contributed by atoms with Crippen molar-refractivity contribution in [1.29, 1.82) is 0 Å². The van der Waals surface area contributed by atoms with Crippen LogP contribution in [0.5, 0.6) is 0 Å². The average molecular weight is 446 g/mol. The molecule has 3 rings (SSSR count). The number of hydrogen-bond donors (Lipinski definition) is 4. The highest BCUT2D eigenvalue weighted by molar-refractivity contribution is 8.15. The molecular weight excluding hydrogens is 432 g/mol. The summed E-state index contributed by atoms with van der Waals surface area (Å²) in [5, 5.41) is 10.0. The van der Waals surface area contributed by atoms with Gasteiger partial charge in [0.25, 0.3) is 10.2 Å². The van der Waals surface area contributed by atoms with Crippen molar-refractivity contribution in [3.8, 4) is 0 Å². The Hall–Kier alpha value is -1.67. The standard InChI is InChI=1S/C9H14N6O9S3/c10-7-1-2-15(9(17)11-7)8-3-5(16)6(24-8)4-23-27(22)13-25(18,19)12-26(20,21)14-27/h1-2,5-6,8,12,16H,3-4H2,(H2,10,11,17)(H,13,14,22)/t5-,6-,8-/m1/s1. The van der Waals surface area contributed by atoms with Crippen LogP contribution in [0.1, 0.15) is 12.6 Å². The predicted molar refractivity (Wildman–Crippen MR) is 88.1 cm³/mol. The first-order valence-corrected chi connectivity index (χ1v) is 11.4. The van der Waals surface area contributed by atoms with Crippen molar-refractivity contribution in [2.45, 2.75) is 24.9 Å². The minimum Gasteiger partial charge on any atom is -0.390 e. The SMILES string of the molecule is Nc1ccn([C@H]2C[C@@H](O)[C@@H](COS3(=O)=NS(=O)(=O)NS(=O)(=O)N3)O2)c(=O)n1. The molecule has 3 heterocycles. The Balaban J connectivity index is 1.75. The van der Waals surface area contributed by atoms with Crippen LogP contribution < -0.4 is 19.7 Å². The van der Waals surface area contributed by atoms with Crippen LogP contribution in [0.2, 0.25) is 0 Å². The van der Waals surface area contributed by atoms with Crippen LogP contribution in [0, 0.1) is 0 Å². The zero-order chi connectivity index (χ0) is 20.0. The number of rotatable bonds is 4. The number of nitrogens with two attached hydrogens (primary N) is 1. The van der Waals surface area contributed by atoms with E-state index >= 15 is 0 Å². The van der Waals surface area contributed by atoms with Crippen molar-refractivity contribution in [2.24, 2.45) is 3.77 Å². The molecule has 1 unspecified atom stereocenters. The summed E-state index contributed by atoms with van der Waals surface area (Å²) in [5.74, 6) is -0.00686. The van der Waals surface area contributed by atoms with Gasteiger partial charge in [-0.15, -0.1) is 0 Å². The van der Waals surface area contributed by atoms with Gasteiger partial charge < -0.3 is 15.6 Å². The van der Waals surface area contributed by atoms with Gasteiger partial charge in [0.15, 0.2) is 0 Å². The fourth-order valence-corrected chi connectivity index (χ4v) is 7.51. The quantitative estimate of drug-likeness (QED) is 0.355. The Morgan fingerprint density at radius 3 is 2.67 bits per heavy atom. The number of aromatic nitrogens is 2. The van der Waals surface area contributed by atoms with Gasteiger partial charge in [-0.25, -0.2) is 9.00 Å². The molecule has 27 heavy (non-hydrogen) atoms. The number of aliphatic hydroxyl groups is 1. The lowest BCUT2D eigenvalue weighted by Gasteiger charge is -2.19. The average Bonchev–Trinajstić information content (AvgIpc) is 2.82. The third-order valence-electron chi connectivity index (χ3n) is 3.38. The first-order chi connectivity index (χ1) is 12.4. The molecule has 0 spiro atoms. The Labute approximate surface area is 153 Å². The summed E-state index contributed by atoms with van der Waals surface area (Å²) in [4.78, 5) is 15.3. The smallest absolute Gasteiger partial charge is 0.351 e. The van der Waals surface area contributed by atoms with Crippen LogP contribution in [0.15, 0.2) is 20.8 Å². The van der Waals surface area contributed by atoms with E-state index in [-0.39, 0.29) is 12.2 Å². The summed E-state index contributed by atoms with van der Waals surface area (Å²) in [6, 6.07) is 1.34. The third kappa shape index (κ3) is 4.60. The normalized spacial score (nSPS) is 34.8. The predicted octanol–water partition coefficient (Wildman–Crippen LogP) is -3.53. The van der Waals surface area contributed by atoms with Crippen molar-refractivity contribution in [3.05, 3.63) is 22.7 Å². The van der Waals surface area contributed by atoms with Crippen LogP contribution >= 0.6 is 0 Å². The summed E-state index contributed by atoms with van der Waals surface area (Å²) in [6.07, 6.45) is -2.07. The molecule has 152 valence electrons. The maximum Gasteiger partial charge on any atom is 0.351 e. The zero-order valence-electron chi connectivity index (χ0n) is 13.2. The van der Waals surface area contributed by atoms with Crippen LogP contribution in [-0.2, 0) is 39.5 Å². The van der Waals surface area contributed by atoms with Crippen LogP contribution in [0.3, 0.4) is 0 Å². The molecule has 0 radical (unpaired) electrons. The first kappa shape index (κ1) is 20.1. The number of aliphatic hydroxyl groups excluding tert-OH is 1. The van der Waals surface area contributed by atoms with E-state index in [0.717, 1.165) is 8.69 Å². The Morgan fingerprint density at radius 2 is 2.04 bits per heavy atom.